The van der Waals surface area contributed by atoms with E-state index in [4.69, 9.17) is 15.2 Å². The van der Waals surface area contributed by atoms with E-state index in [2.05, 4.69) is 16.9 Å². The van der Waals surface area contributed by atoms with Crippen LogP contribution >= 0.6 is 0 Å². The molecule has 2 heterocycles. The molecular formula is C32H40N4O4. The number of nitrogens with two attached hydrogens (primary N) is 1. The van der Waals surface area contributed by atoms with Gasteiger partial charge >= 0.3 is 5.97 Å². The lowest BCUT2D eigenvalue weighted by atomic mass is 10.0. The van der Waals surface area contributed by atoms with Gasteiger partial charge in [-0.2, -0.15) is 0 Å². The molecule has 1 aliphatic heterocycles. The predicted molar refractivity (Wildman–Crippen MR) is 156 cm³/mol. The van der Waals surface area contributed by atoms with E-state index in [0.29, 0.717) is 31.8 Å². The van der Waals surface area contributed by atoms with Gasteiger partial charge in [-0.1, -0.05) is 69.0 Å². The largest absolute Gasteiger partial charge is 0.494 e. The normalized spacial score (nSPS) is 15.6. The molecular weight excluding hydrogens is 504 g/mol. The van der Waals surface area contributed by atoms with Crippen molar-refractivity contribution in [3.63, 3.8) is 0 Å². The summed E-state index contributed by atoms with van der Waals surface area (Å²) in [4.78, 5) is 35.3. The summed E-state index contributed by atoms with van der Waals surface area (Å²) in [6.07, 6.45) is 10.8. The van der Waals surface area contributed by atoms with Crippen LogP contribution in [0.1, 0.15) is 51.0 Å². The first kappa shape index (κ1) is 29.2. The maximum absolute atomic E-state index is 12.8. The lowest BCUT2D eigenvalue weighted by Gasteiger charge is -2.20. The number of unbranched alkanes of at least 4 members (excludes halogenated alkanes) is 4. The van der Waals surface area contributed by atoms with E-state index < -0.39 is 6.04 Å². The summed E-state index contributed by atoms with van der Waals surface area (Å²) in [7, 11) is 1.37. The number of hydrogen-bond donors (Lipinski definition) is 1. The Balaban J connectivity index is 1.27. The Hall–Kier alpha value is -3.78. The Bertz CT molecular complexity index is 1230. The second-order valence-corrected chi connectivity index (χ2v) is 10.4. The van der Waals surface area contributed by atoms with Crippen LogP contribution in [-0.2, 0) is 20.7 Å². The van der Waals surface area contributed by atoms with E-state index >= 15 is 0 Å². The summed E-state index contributed by atoms with van der Waals surface area (Å²) in [6.45, 7) is 3.86. The number of likely N-dealkylation sites (tertiary alicyclic amines) is 1. The van der Waals surface area contributed by atoms with Gasteiger partial charge in [0, 0.05) is 36.6 Å². The fourth-order valence-corrected chi connectivity index (χ4v) is 4.95. The van der Waals surface area contributed by atoms with Gasteiger partial charge in [-0.3, -0.25) is 9.59 Å². The van der Waals surface area contributed by atoms with Crippen molar-refractivity contribution in [2.75, 3.05) is 26.8 Å². The SMILES string of the molecule is CCCCCCCOc1ccc(-c2cnc(-c3ccc(CC(N)C(=O)N4CCC(C(=O)OC)C4)cc3)nc2)cc1. The number of esters is 1. The van der Waals surface area contributed by atoms with Gasteiger partial charge < -0.3 is 20.1 Å². The van der Waals surface area contributed by atoms with Crippen molar-refractivity contribution in [3.8, 4) is 28.3 Å². The maximum Gasteiger partial charge on any atom is 0.310 e. The monoisotopic (exact) mass is 544 g/mol. The van der Waals surface area contributed by atoms with Crippen LogP contribution in [-0.4, -0.2) is 59.6 Å². The Kier molecular flexibility index (Phi) is 10.6. The molecule has 2 atom stereocenters. The van der Waals surface area contributed by atoms with Crippen molar-refractivity contribution in [3.05, 3.63) is 66.5 Å². The third-order valence-corrected chi connectivity index (χ3v) is 7.38. The van der Waals surface area contributed by atoms with Gasteiger partial charge in [-0.25, -0.2) is 9.97 Å². The van der Waals surface area contributed by atoms with Gasteiger partial charge in [0.15, 0.2) is 5.82 Å². The van der Waals surface area contributed by atoms with Crippen LogP contribution in [0.25, 0.3) is 22.5 Å². The first-order valence-electron chi connectivity index (χ1n) is 14.2. The highest BCUT2D eigenvalue weighted by atomic mass is 16.5. The van der Waals surface area contributed by atoms with E-state index in [0.717, 1.165) is 41.0 Å². The lowest BCUT2D eigenvalue weighted by molar-refractivity contribution is -0.145. The van der Waals surface area contributed by atoms with Gasteiger partial charge in [0.2, 0.25) is 5.91 Å². The fourth-order valence-electron chi connectivity index (χ4n) is 4.95. The van der Waals surface area contributed by atoms with E-state index in [-0.39, 0.29) is 17.8 Å². The van der Waals surface area contributed by atoms with Gasteiger partial charge in [0.1, 0.15) is 5.75 Å². The van der Waals surface area contributed by atoms with Crippen molar-refractivity contribution < 1.29 is 19.1 Å². The van der Waals surface area contributed by atoms with E-state index in [1.807, 2.05) is 60.9 Å². The van der Waals surface area contributed by atoms with Crippen LogP contribution in [0.15, 0.2) is 60.9 Å². The zero-order valence-corrected chi connectivity index (χ0v) is 23.6. The lowest BCUT2D eigenvalue weighted by Crippen LogP contribution is -2.44. The molecule has 2 aromatic carbocycles. The Morgan fingerprint density at radius 2 is 1.62 bits per heavy atom. The molecule has 1 fully saturated rings. The molecule has 40 heavy (non-hydrogen) atoms. The molecule has 1 aliphatic rings. The number of carbonyl (C=O) groups excluding carboxylic acids is 2. The van der Waals surface area contributed by atoms with E-state index in [1.165, 1.54) is 32.8 Å². The first-order chi connectivity index (χ1) is 19.5. The first-order valence-corrected chi connectivity index (χ1v) is 14.2. The highest BCUT2D eigenvalue weighted by molar-refractivity contribution is 5.83. The molecule has 2 unspecified atom stereocenters. The number of ether oxygens (including phenoxy) is 2. The molecule has 0 saturated carbocycles. The minimum Gasteiger partial charge on any atom is -0.494 e. The molecule has 4 rings (SSSR count). The number of carbonyl (C=O) groups is 2. The van der Waals surface area contributed by atoms with Gasteiger partial charge in [-0.05, 0) is 42.5 Å². The molecule has 3 aromatic rings. The average Bonchev–Trinajstić information content (AvgIpc) is 3.49. The minimum absolute atomic E-state index is 0.142. The highest BCUT2D eigenvalue weighted by Gasteiger charge is 2.33. The van der Waals surface area contributed by atoms with Crippen LogP contribution in [0.3, 0.4) is 0 Å². The maximum atomic E-state index is 12.8. The third kappa shape index (κ3) is 7.88. The molecule has 1 saturated heterocycles. The predicted octanol–water partition coefficient (Wildman–Crippen LogP) is 5.05. The summed E-state index contributed by atoms with van der Waals surface area (Å²) in [5, 5.41) is 0. The van der Waals surface area contributed by atoms with Crippen molar-refractivity contribution in [1.82, 2.24) is 14.9 Å². The number of methoxy groups -OCH3 is 1. The third-order valence-electron chi connectivity index (χ3n) is 7.38. The summed E-state index contributed by atoms with van der Waals surface area (Å²) in [5.41, 5.74) is 10.0. The molecule has 0 radical (unpaired) electrons. The Labute approximate surface area is 236 Å². The average molecular weight is 545 g/mol. The second-order valence-electron chi connectivity index (χ2n) is 10.4. The Morgan fingerprint density at radius 1 is 0.950 bits per heavy atom. The molecule has 0 bridgehead atoms. The summed E-state index contributed by atoms with van der Waals surface area (Å²) >= 11 is 0. The van der Waals surface area contributed by atoms with Crippen LogP contribution in [0.2, 0.25) is 0 Å². The molecule has 8 heteroatoms. The highest BCUT2D eigenvalue weighted by Crippen LogP contribution is 2.24. The number of benzene rings is 2. The molecule has 0 spiro atoms. The molecule has 0 aliphatic carbocycles. The van der Waals surface area contributed by atoms with Gasteiger partial charge in [0.05, 0.1) is 25.7 Å². The number of aromatic nitrogens is 2. The fraction of sp³-hybridized carbons (Fsp3) is 0.438. The Morgan fingerprint density at radius 3 is 2.30 bits per heavy atom. The number of rotatable bonds is 13. The zero-order chi connectivity index (χ0) is 28.3. The smallest absolute Gasteiger partial charge is 0.310 e. The topological polar surface area (TPSA) is 108 Å². The number of hydrogen-bond acceptors (Lipinski definition) is 7. The van der Waals surface area contributed by atoms with Gasteiger partial charge in [0.25, 0.3) is 0 Å². The van der Waals surface area contributed by atoms with Crippen LogP contribution in [0.4, 0.5) is 0 Å². The molecule has 2 N–H and O–H groups in total. The molecule has 212 valence electrons. The van der Waals surface area contributed by atoms with Gasteiger partial charge in [-0.15, -0.1) is 0 Å². The summed E-state index contributed by atoms with van der Waals surface area (Å²) in [6, 6.07) is 15.2. The standard InChI is InChI=1S/C32H40N4O4/c1-3-4-5-6-7-18-40-28-14-12-24(13-15-28)27-20-34-30(35-21-27)25-10-8-23(9-11-25)19-29(33)31(37)36-17-16-26(22-36)32(38)39-2/h8-15,20-21,26,29H,3-7,16-19,22,33H2,1-2H3. The molecule has 8 nitrogen and oxygen atoms in total. The zero-order valence-electron chi connectivity index (χ0n) is 23.6. The van der Waals surface area contributed by atoms with Crippen molar-refractivity contribution in [2.24, 2.45) is 11.7 Å². The van der Waals surface area contributed by atoms with Crippen molar-refractivity contribution >= 4 is 11.9 Å². The molecule has 1 aromatic heterocycles. The summed E-state index contributed by atoms with van der Waals surface area (Å²) in [5.74, 6) is 0.821. The number of nitrogens with zero attached hydrogens (tertiary/aromatic N) is 3. The second kappa shape index (κ2) is 14.6. The van der Waals surface area contributed by atoms with Crippen molar-refractivity contribution in [1.29, 1.82) is 0 Å². The van der Waals surface area contributed by atoms with E-state index in [9.17, 15) is 9.59 Å². The summed E-state index contributed by atoms with van der Waals surface area (Å²) < 4.78 is 10.7. The quantitative estimate of drug-likeness (QED) is 0.237. The van der Waals surface area contributed by atoms with Crippen LogP contribution in [0.5, 0.6) is 5.75 Å². The van der Waals surface area contributed by atoms with Crippen LogP contribution in [0, 0.1) is 5.92 Å². The molecule has 1 amide bonds. The minimum atomic E-state index is -0.666. The van der Waals surface area contributed by atoms with Crippen molar-refractivity contribution in [2.45, 2.75) is 57.9 Å². The number of amides is 1. The van der Waals surface area contributed by atoms with Crippen LogP contribution < -0.4 is 10.5 Å². The van der Waals surface area contributed by atoms with E-state index in [1.54, 1.807) is 4.90 Å².